The molecular weight excluding hydrogens is 440 g/mol. The van der Waals surface area contributed by atoms with E-state index in [-0.39, 0.29) is 22.9 Å². The summed E-state index contributed by atoms with van der Waals surface area (Å²) in [7, 11) is 1.45. The summed E-state index contributed by atoms with van der Waals surface area (Å²) < 4.78 is 10.8. The predicted octanol–water partition coefficient (Wildman–Crippen LogP) is 3.09. The van der Waals surface area contributed by atoms with Crippen LogP contribution in [0.5, 0.6) is 11.5 Å². The summed E-state index contributed by atoms with van der Waals surface area (Å²) in [6.45, 7) is 0.0376. The van der Waals surface area contributed by atoms with E-state index < -0.39 is 17.8 Å². The van der Waals surface area contributed by atoms with Gasteiger partial charge in [0.05, 0.1) is 30.6 Å². The largest absolute Gasteiger partial charge is 0.496 e. The van der Waals surface area contributed by atoms with Crippen LogP contribution in [-0.2, 0) is 9.59 Å². The Morgan fingerprint density at radius 1 is 1.23 bits per heavy atom. The van der Waals surface area contributed by atoms with Crippen LogP contribution in [0.4, 0.5) is 0 Å². The first kappa shape index (κ1) is 22.3. The van der Waals surface area contributed by atoms with Gasteiger partial charge >= 0.3 is 5.97 Å². The van der Waals surface area contributed by atoms with E-state index in [9.17, 15) is 14.4 Å². The molecule has 0 spiro atoms. The number of thiocarbonyl (C=S) groups is 1. The molecule has 0 aromatic heterocycles. The Bertz CT molecular complexity index is 1070. The number of ether oxygens (including phenoxy) is 2. The van der Waals surface area contributed by atoms with E-state index in [1.54, 1.807) is 54.6 Å². The second-order valence-electron chi connectivity index (χ2n) is 6.22. The second kappa shape index (κ2) is 10.1. The zero-order valence-corrected chi connectivity index (χ0v) is 18.0. The van der Waals surface area contributed by atoms with Crippen LogP contribution in [0, 0.1) is 0 Å². The number of carbonyl (C=O) groups is 3. The van der Waals surface area contributed by atoms with Gasteiger partial charge in [0.25, 0.3) is 11.8 Å². The standard InChI is InChI=1S/C21H18N2O6S2/c1-28-16-8-3-2-7-15(16)19(26)22-23-20(27)17(31-21(23)30)12-13-5-4-6-14(11-13)29-10-9-18(24)25/h2-8,11-12H,9-10H2,1H3,(H,22,26)(H,24,25)/b17-12+. The third-order valence-electron chi connectivity index (χ3n) is 4.10. The molecule has 2 aromatic carbocycles. The Balaban J connectivity index is 1.72. The number of benzene rings is 2. The smallest absolute Gasteiger partial charge is 0.306 e. The van der Waals surface area contributed by atoms with Crippen molar-refractivity contribution in [3.05, 3.63) is 64.6 Å². The maximum Gasteiger partial charge on any atom is 0.306 e. The summed E-state index contributed by atoms with van der Waals surface area (Å²) in [6.07, 6.45) is 1.51. The molecular formula is C21H18N2O6S2. The van der Waals surface area contributed by atoms with Crippen molar-refractivity contribution in [3.63, 3.8) is 0 Å². The molecule has 2 N–H and O–H groups in total. The van der Waals surface area contributed by atoms with E-state index in [2.05, 4.69) is 5.43 Å². The number of aliphatic carboxylic acids is 1. The minimum absolute atomic E-state index is 0.0376. The molecule has 0 unspecified atom stereocenters. The number of carboxylic acids is 1. The average molecular weight is 459 g/mol. The molecule has 0 bridgehead atoms. The summed E-state index contributed by atoms with van der Waals surface area (Å²) in [5.74, 6) is -1.08. The van der Waals surface area contributed by atoms with Gasteiger partial charge in [-0.1, -0.05) is 36.0 Å². The van der Waals surface area contributed by atoms with Crippen LogP contribution in [-0.4, -0.2) is 45.9 Å². The van der Waals surface area contributed by atoms with E-state index in [1.165, 1.54) is 7.11 Å². The minimum Gasteiger partial charge on any atom is -0.496 e. The first-order chi connectivity index (χ1) is 14.9. The van der Waals surface area contributed by atoms with E-state index in [1.807, 2.05) is 0 Å². The SMILES string of the molecule is COc1ccccc1C(=O)NN1C(=O)/C(=C\c2cccc(OCCC(=O)O)c2)SC1=S. The molecule has 0 aliphatic carbocycles. The van der Waals surface area contributed by atoms with Gasteiger partial charge in [-0.15, -0.1) is 0 Å². The molecule has 31 heavy (non-hydrogen) atoms. The Morgan fingerprint density at radius 2 is 2.00 bits per heavy atom. The van der Waals surface area contributed by atoms with Crippen LogP contribution in [0.15, 0.2) is 53.4 Å². The topological polar surface area (TPSA) is 105 Å². The van der Waals surface area contributed by atoms with Gasteiger partial charge in [0.2, 0.25) is 0 Å². The number of para-hydroxylation sites is 1. The molecule has 3 rings (SSSR count). The lowest BCUT2D eigenvalue weighted by molar-refractivity contribution is -0.137. The van der Waals surface area contributed by atoms with Crippen molar-refractivity contribution in [2.75, 3.05) is 13.7 Å². The van der Waals surface area contributed by atoms with Gasteiger partial charge in [-0.3, -0.25) is 19.8 Å². The third-order valence-corrected chi connectivity index (χ3v) is 5.40. The minimum atomic E-state index is -0.949. The number of carboxylic acid groups (broad SMARTS) is 1. The molecule has 2 aromatic rings. The Kier molecular flexibility index (Phi) is 7.27. The van der Waals surface area contributed by atoms with Crippen molar-refractivity contribution in [1.29, 1.82) is 0 Å². The molecule has 2 amide bonds. The van der Waals surface area contributed by atoms with Crippen LogP contribution >= 0.6 is 24.0 Å². The monoisotopic (exact) mass is 458 g/mol. The summed E-state index contributed by atoms with van der Waals surface area (Å²) in [6, 6.07) is 13.5. The molecule has 1 aliphatic heterocycles. The zero-order chi connectivity index (χ0) is 22.4. The van der Waals surface area contributed by atoms with E-state index in [4.69, 9.17) is 26.8 Å². The Labute approximate surface area is 187 Å². The second-order valence-corrected chi connectivity index (χ2v) is 7.90. The molecule has 1 aliphatic rings. The van der Waals surface area contributed by atoms with Gasteiger partial charge in [0.15, 0.2) is 4.32 Å². The van der Waals surface area contributed by atoms with Crippen molar-refractivity contribution < 1.29 is 29.0 Å². The van der Waals surface area contributed by atoms with Crippen molar-refractivity contribution in [1.82, 2.24) is 10.4 Å². The summed E-state index contributed by atoms with van der Waals surface area (Å²) in [5, 5.41) is 9.72. The number of nitrogens with one attached hydrogen (secondary N) is 1. The lowest BCUT2D eigenvalue weighted by atomic mass is 10.2. The molecule has 1 heterocycles. The maximum absolute atomic E-state index is 12.8. The molecule has 1 fully saturated rings. The number of methoxy groups -OCH3 is 1. The van der Waals surface area contributed by atoms with Crippen molar-refractivity contribution in [3.8, 4) is 11.5 Å². The highest BCUT2D eigenvalue weighted by Gasteiger charge is 2.34. The van der Waals surface area contributed by atoms with Crippen molar-refractivity contribution in [2.45, 2.75) is 6.42 Å². The number of amides is 2. The lowest BCUT2D eigenvalue weighted by Crippen LogP contribution is -2.44. The van der Waals surface area contributed by atoms with E-state index >= 15 is 0 Å². The Morgan fingerprint density at radius 3 is 2.74 bits per heavy atom. The normalized spacial score (nSPS) is 14.6. The molecule has 0 atom stereocenters. The maximum atomic E-state index is 12.8. The van der Waals surface area contributed by atoms with Crippen LogP contribution in [0.25, 0.3) is 6.08 Å². The first-order valence-corrected chi connectivity index (χ1v) is 10.3. The fourth-order valence-corrected chi connectivity index (χ4v) is 3.84. The van der Waals surface area contributed by atoms with Crippen molar-refractivity contribution in [2.24, 2.45) is 0 Å². The van der Waals surface area contributed by atoms with E-state index in [0.717, 1.165) is 16.8 Å². The van der Waals surface area contributed by atoms with Gasteiger partial charge in [-0.2, -0.15) is 5.01 Å². The van der Waals surface area contributed by atoms with Gasteiger partial charge in [0.1, 0.15) is 11.5 Å². The average Bonchev–Trinajstić information content (AvgIpc) is 3.01. The van der Waals surface area contributed by atoms with Crippen LogP contribution in [0.1, 0.15) is 22.3 Å². The molecule has 8 nitrogen and oxygen atoms in total. The molecule has 1 saturated heterocycles. The predicted molar refractivity (Wildman–Crippen MR) is 120 cm³/mol. The summed E-state index contributed by atoms with van der Waals surface area (Å²) >= 11 is 6.30. The van der Waals surface area contributed by atoms with Gasteiger partial charge in [0, 0.05) is 0 Å². The van der Waals surface area contributed by atoms with Crippen molar-refractivity contribution >= 4 is 52.2 Å². The van der Waals surface area contributed by atoms with Gasteiger partial charge in [-0.25, -0.2) is 0 Å². The van der Waals surface area contributed by atoms with Crippen LogP contribution in [0.2, 0.25) is 0 Å². The highest BCUT2D eigenvalue weighted by molar-refractivity contribution is 8.26. The molecule has 10 heteroatoms. The fraction of sp³-hybridized carbons (Fsp3) is 0.143. The highest BCUT2D eigenvalue weighted by atomic mass is 32.2. The summed E-state index contributed by atoms with van der Waals surface area (Å²) in [4.78, 5) is 36.3. The number of thioether (sulfide) groups is 1. The molecule has 160 valence electrons. The lowest BCUT2D eigenvalue weighted by Gasteiger charge is -2.16. The fourth-order valence-electron chi connectivity index (χ4n) is 2.66. The van der Waals surface area contributed by atoms with Crippen LogP contribution in [0.3, 0.4) is 0 Å². The van der Waals surface area contributed by atoms with Crippen LogP contribution < -0.4 is 14.9 Å². The number of hydrazine groups is 1. The third kappa shape index (κ3) is 5.62. The highest BCUT2D eigenvalue weighted by Crippen LogP contribution is 2.32. The number of hydrogen-bond acceptors (Lipinski definition) is 7. The number of rotatable bonds is 8. The zero-order valence-electron chi connectivity index (χ0n) is 16.4. The number of carbonyl (C=O) groups excluding carboxylic acids is 2. The van der Waals surface area contributed by atoms with E-state index in [0.29, 0.717) is 22.0 Å². The number of nitrogens with zero attached hydrogens (tertiary/aromatic N) is 1. The quantitative estimate of drug-likeness (QED) is 0.459. The summed E-state index contributed by atoms with van der Waals surface area (Å²) in [5.41, 5.74) is 3.46. The van der Waals surface area contributed by atoms with Gasteiger partial charge in [-0.05, 0) is 48.1 Å². The Hall–Kier alpha value is -3.37. The molecule has 0 radical (unpaired) electrons. The van der Waals surface area contributed by atoms with Gasteiger partial charge < -0.3 is 14.6 Å². The first-order valence-electron chi connectivity index (χ1n) is 9.05. The molecule has 0 saturated carbocycles. The number of hydrogen-bond donors (Lipinski definition) is 2.